The quantitative estimate of drug-likeness (QED) is 0.224. The summed E-state index contributed by atoms with van der Waals surface area (Å²) in [5.41, 5.74) is 2.71. The van der Waals surface area contributed by atoms with Crippen molar-refractivity contribution in [2.45, 2.75) is 111 Å². The number of hydrogen-bond acceptors (Lipinski definition) is 4. The van der Waals surface area contributed by atoms with Gasteiger partial charge < -0.3 is 15.0 Å². The van der Waals surface area contributed by atoms with Gasteiger partial charge in [-0.2, -0.15) is 4.99 Å². The van der Waals surface area contributed by atoms with Gasteiger partial charge in [-0.25, -0.2) is 4.99 Å². The molecule has 6 heteroatoms. The summed E-state index contributed by atoms with van der Waals surface area (Å²) < 4.78 is 6.61. The Balaban J connectivity index is 1.37. The first-order chi connectivity index (χ1) is 20.4. The maximum atomic E-state index is 6.61. The summed E-state index contributed by atoms with van der Waals surface area (Å²) in [7, 11) is 0. The molecule has 6 nitrogen and oxygen atoms in total. The lowest BCUT2D eigenvalue weighted by molar-refractivity contribution is 0.0481. The van der Waals surface area contributed by atoms with E-state index in [0.717, 1.165) is 76.0 Å². The van der Waals surface area contributed by atoms with Crippen LogP contribution < -0.4 is 10.2 Å². The highest BCUT2D eigenvalue weighted by atomic mass is 16.5. The number of aliphatic imine (C=N–C) groups is 2. The molecule has 0 radical (unpaired) electrons. The van der Waals surface area contributed by atoms with Gasteiger partial charge in [0.25, 0.3) is 0 Å². The molecule has 0 spiro atoms. The highest BCUT2D eigenvalue weighted by molar-refractivity contribution is 5.97. The monoisotopic (exact) mass is 573 g/mol. The molecule has 1 heterocycles. The van der Waals surface area contributed by atoms with Gasteiger partial charge in [-0.3, -0.25) is 4.90 Å². The number of aryl methyl sites for hydroxylation is 1. The normalized spacial score (nSPS) is 25.9. The third-order valence-electron chi connectivity index (χ3n) is 10.2. The third kappa shape index (κ3) is 7.12. The van der Waals surface area contributed by atoms with Crippen LogP contribution in [0.4, 0.5) is 5.69 Å². The summed E-state index contributed by atoms with van der Waals surface area (Å²) in [6.45, 7) is 18.1. The zero-order valence-electron chi connectivity index (χ0n) is 27.2. The van der Waals surface area contributed by atoms with E-state index in [9.17, 15) is 0 Å². The fourth-order valence-electron chi connectivity index (χ4n) is 7.51. The van der Waals surface area contributed by atoms with Crippen LogP contribution in [0.5, 0.6) is 0 Å². The number of piperidine rings is 1. The van der Waals surface area contributed by atoms with Crippen LogP contribution >= 0.6 is 0 Å². The summed E-state index contributed by atoms with van der Waals surface area (Å²) in [5, 5.41) is 6.43. The van der Waals surface area contributed by atoms with Crippen LogP contribution in [0, 0.1) is 11.8 Å². The van der Waals surface area contributed by atoms with Gasteiger partial charge in [0.15, 0.2) is 0 Å². The molecule has 4 unspecified atom stereocenters. The number of amidine groups is 2. The van der Waals surface area contributed by atoms with Gasteiger partial charge in [-0.15, -0.1) is 0 Å². The molecular weight excluding hydrogens is 518 g/mol. The molecule has 1 aliphatic heterocycles. The average molecular weight is 574 g/mol. The van der Waals surface area contributed by atoms with E-state index in [1.807, 2.05) is 0 Å². The van der Waals surface area contributed by atoms with Crippen LogP contribution in [0.3, 0.4) is 0 Å². The van der Waals surface area contributed by atoms with Crippen molar-refractivity contribution in [2.75, 3.05) is 37.7 Å². The molecule has 0 aromatic heterocycles. The molecule has 3 aliphatic rings. The van der Waals surface area contributed by atoms with E-state index in [1.54, 1.807) is 0 Å². The number of likely N-dealkylation sites (N-methyl/N-ethyl adjacent to an activating group) is 1. The minimum absolute atomic E-state index is 0.0484. The van der Waals surface area contributed by atoms with Gasteiger partial charge in [0.2, 0.25) is 0 Å². The van der Waals surface area contributed by atoms with Crippen molar-refractivity contribution in [2.24, 2.45) is 21.8 Å². The van der Waals surface area contributed by atoms with Crippen molar-refractivity contribution < 1.29 is 4.74 Å². The number of benzene rings is 2. The van der Waals surface area contributed by atoms with Gasteiger partial charge in [-0.1, -0.05) is 58.0 Å². The second kappa shape index (κ2) is 13.8. The van der Waals surface area contributed by atoms with Gasteiger partial charge in [0.1, 0.15) is 12.4 Å². The lowest BCUT2D eigenvalue weighted by Gasteiger charge is -2.40. The van der Waals surface area contributed by atoms with Gasteiger partial charge in [0.05, 0.1) is 11.6 Å². The highest BCUT2D eigenvalue weighted by Gasteiger charge is 2.45. The number of anilines is 1. The summed E-state index contributed by atoms with van der Waals surface area (Å²) in [6, 6.07) is 14.7. The summed E-state index contributed by atoms with van der Waals surface area (Å²) in [5.74, 6) is 2.83. The Hall–Kier alpha value is -2.60. The van der Waals surface area contributed by atoms with Crippen LogP contribution in [0.25, 0.3) is 10.8 Å². The zero-order chi connectivity index (χ0) is 29.7. The van der Waals surface area contributed by atoms with Crippen molar-refractivity contribution in [3.63, 3.8) is 0 Å². The van der Waals surface area contributed by atoms with E-state index in [-0.39, 0.29) is 11.6 Å². The summed E-state index contributed by atoms with van der Waals surface area (Å²) >= 11 is 0. The van der Waals surface area contributed by atoms with E-state index in [1.165, 1.54) is 41.3 Å². The number of nitrogens with one attached hydrogen (secondary N) is 1. The standard InChI is InChI=1S/C36H55N5O/c1-7-19-41(10-4)36(6,9-3)25-42-35(38-26(5)37-32-22-29-21-30(29)23-32)39-31-17-13-20-40(24-31)33-18-12-16-28-15-11-14-27(8-2)34(28)33/h11-12,14-16,18,29-32H,7-10,13,17,19-25H2,1-6H3,(H,37,38,39). The minimum atomic E-state index is -0.0484. The second-order valence-electron chi connectivity index (χ2n) is 13.3. The predicted octanol–water partition coefficient (Wildman–Crippen LogP) is 7.45. The highest BCUT2D eigenvalue weighted by Crippen LogP contribution is 2.51. The predicted molar refractivity (Wildman–Crippen MR) is 179 cm³/mol. The molecule has 2 aromatic carbocycles. The Morgan fingerprint density at radius 3 is 2.52 bits per heavy atom. The molecule has 4 atom stereocenters. The number of ether oxygens (including phenoxy) is 1. The summed E-state index contributed by atoms with van der Waals surface area (Å²) in [6.07, 6.45) is 9.37. The van der Waals surface area contributed by atoms with E-state index < -0.39 is 0 Å². The van der Waals surface area contributed by atoms with Crippen LogP contribution in [-0.2, 0) is 11.2 Å². The van der Waals surface area contributed by atoms with E-state index in [4.69, 9.17) is 14.7 Å². The Bertz CT molecular complexity index is 1240. The Morgan fingerprint density at radius 1 is 1.07 bits per heavy atom. The first-order valence-electron chi connectivity index (χ1n) is 16.9. The smallest absolute Gasteiger partial charge is 0.313 e. The fraction of sp³-hybridized carbons (Fsp3) is 0.667. The molecular formula is C36H55N5O. The van der Waals surface area contributed by atoms with Crippen molar-refractivity contribution in [3.05, 3.63) is 42.0 Å². The first-order valence-corrected chi connectivity index (χ1v) is 16.9. The third-order valence-corrected chi connectivity index (χ3v) is 10.2. The Kier molecular flexibility index (Phi) is 10.1. The molecule has 42 heavy (non-hydrogen) atoms. The maximum absolute atomic E-state index is 6.61. The molecule has 2 aromatic rings. The van der Waals surface area contributed by atoms with Crippen LogP contribution in [0.1, 0.15) is 92.1 Å². The molecule has 0 bridgehead atoms. The lowest BCUT2D eigenvalue weighted by Crippen LogP contribution is -2.50. The SMILES string of the molecule is CCCN(CC)C(C)(CC)COC(/N=C(\C)NC1CC2CC2C1)=N/C1CCCN(c2cccc3cccc(CC)c23)C1. The number of rotatable bonds is 11. The van der Waals surface area contributed by atoms with Crippen LogP contribution in [0.2, 0.25) is 0 Å². The Labute approximate surface area is 255 Å². The Morgan fingerprint density at radius 2 is 1.83 bits per heavy atom. The summed E-state index contributed by atoms with van der Waals surface area (Å²) in [4.78, 5) is 15.4. The number of fused-ring (bicyclic) bond motifs is 2. The number of hydrogen-bond donors (Lipinski definition) is 1. The van der Waals surface area contributed by atoms with Crippen molar-refractivity contribution in [3.8, 4) is 0 Å². The molecule has 3 fully saturated rings. The molecule has 230 valence electrons. The maximum Gasteiger partial charge on any atom is 0.313 e. The van der Waals surface area contributed by atoms with E-state index >= 15 is 0 Å². The molecule has 5 rings (SSSR count). The van der Waals surface area contributed by atoms with Crippen molar-refractivity contribution in [1.82, 2.24) is 10.2 Å². The first kappa shape index (κ1) is 30.8. The van der Waals surface area contributed by atoms with Crippen LogP contribution in [-0.4, -0.2) is 67.2 Å². The molecule has 1 saturated heterocycles. The van der Waals surface area contributed by atoms with Gasteiger partial charge in [-0.05, 0) is 107 Å². The molecule has 2 saturated carbocycles. The van der Waals surface area contributed by atoms with Crippen molar-refractivity contribution in [1.29, 1.82) is 0 Å². The van der Waals surface area contributed by atoms with Crippen LogP contribution in [0.15, 0.2) is 46.4 Å². The van der Waals surface area contributed by atoms with E-state index in [0.29, 0.717) is 18.7 Å². The van der Waals surface area contributed by atoms with Gasteiger partial charge >= 0.3 is 6.02 Å². The van der Waals surface area contributed by atoms with Gasteiger partial charge in [0, 0.05) is 30.2 Å². The second-order valence-corrected chi connectivity index (χ2v) is 13.3. The topological polar surface area (TPSA) is 52.5 Å². The largest absolute Gasteiger partial charge is 0.462 e. The number of nitrogens with zero attached hydrogens (tertiary/aromatic N) is 4. The lowest BCUT2D eigenvalue weighted by atomic mass is 9.97. The zero-order valence-corrected chi connectivity index (χ0v) is 27.2. The molecule has 2 aliphatic carbocycles. The minimum Gasteiger partial charge on any atom is -0.462 e. The van der Waals surface area contributed by atoms with E-state index in [2.05, 4.69) is 93.1 Å². The fourth-order valence-corrected chi connectivity index (χ4v) is 7.51. The molecule has 1 N–H and O–H groups in total. The van der Waals surface area contributed by atoms with Crippen molar-refractivity contribution >= 4 is 28.3 Å². The average Bonchev–Trinajstić information content (AvgIpc) is 3.62. The molecule has 0 amide bonds.